The second-order valence-electron chi connectivity index (χ2n) is 5.73. The van der Waals surface area contributed by atoms with Crippen LogP contribution in [0.5, 0.6) is 0 Å². The predicted molar refractivity (Wildman–Crippen MR) is 89.2 cm³/mol. The highest BCUT2D eigenvalue weighted by Gasteiger charge is 2.22. The maximum absolute atomic E-state index is 12.2. The molecule has 0 saturated heterocycles. The lowest BCUT2D eigenvalue weighted by Gasteiger charge is -2.16. The Balaban J connectivity index is 2.12. The lowest BCUT2D eigenvalue weighted by Crippen LogP contribution is -2.19. The molecule has 104 valence electrons. The van der Waals surface area contributed by atoms with Gasteiger partial charge in [-0.1, -0.05) is 44.7 Å². The number of Topliss-reactive ketones (excluding diaryl/α,β-unsaturated/α-hetero) is 1. The minimum atomic E-state index is -0.333. The minimum absolute atomic E-state index is 0.178. The van der Waals surface area contributed by atoms with E-state index in [9.17, 15) is 4.79 Å². The lowest BCUT2D eigenvalue weighted by molar-refractivity contribution is 0.0858. The number of rotatable bonds is 3. The molecule has 0 aliphatic rings. The van der Waals surface area contributed by atoms with Crippen LogP contribution < -0.4 is 0 Å². The maximum Gasteiger partial charge on any atom is 0.168 e. The van der Waals surface area contributed by atoms with Gasteiger partial charge in [-0.3, -0.25) is 4.79 Å². The summed E-state index contributed by atoms with van der Waals surface area (Å²) in [7, 11) is 0. The average molecular weight is 303 g/mol. The van der Waals surface area contributed by atoms with Gasteiger partial charge in [0, 0.05) is 20.8 Å². The van der Waals surface area contributed by atoms with Crippen molar-refractivity contribution in [1.29, 1.82) is 0 Å². The molecule has 0 spiro atoms. The Morgan fingerprint density at radius 2 is 1.35 bits per heavy atom. The zero-order valence-corrected chi connectivity index (χ0v) is 13.8. The van der Waals surface area contributed by atoms with Crippen molar-refractivity contribution in [1.82, 2.24) is 0 Å². The largest absolute Gasteiger partial charge is 0.294 e. The van der Waals surface area contributed by atoms with Crippen molar-refractivity contribution in [3.63, 3.8) is 0 Å². The highest BCUT2D eigenvalue weighted by molar-refractivity contribution is 7.99. The predicted octanol–water partition coefficient (Wildman–Crippen LogP) is 4.44. The molecule has 3 heteroatoms. The van der Waals surface area contributed by atoms with Crippen molar-refractivity contribution in [2.45, 2.75) is 35.5 Å². The zero-order chi connectivity index (χ0) is 14.8. The van der Waals surface area contributed by atoms with Crippen LogP contribution in [0, 0.1) is 5.41 Å². The molecule has 0 amide bonds. The smallest absolute Gasteiger partial charge is 0.168 e. The van der Waals surface area contributed by atoms with Gasteiger partial charge in [-0.2, -0.15) is 0 Å². The topological polar surface area (TPSA) is 17.1 Å². The molecule has 0 aliphatic heterocycles. The molecule has 0 fully saturated rings. The fourth-order valence-electron chi connectivity index (χ4n) is 1.77. The van der Waals surface area contributed by atoms with Gasteiger partial charge in [-0.15, -0.1) is 0 Å². The van der Waals surface area contributed by atoms with Gasteiger partial charge in [0.25, 0.3) is 0 Å². The average Bonchev–Trinajstić information content (AvgIpc) is 2.40. The van der Waals surface area contributed by atoms with Crippen molar-refractivity contribution in [2.75, 3.05) is 0 Å². The van der Waals surface area contributed by atoms with E-state index in [4.69, 9.17) is 0 Å². The van der Waals surface area contributed by atoms with E-state index in [0.717, 1.165) is 15.4 Å². The van der Waals surface area contributed by atoms with E-state index < -0.39 is 0 Å². The van der Waals surface area contributed by atoms with Gasteiger partial charge in [-0.05, 0) is 49.0 Å². The third kappa shape index (κ3) is 3.90. The Morgan fingerprint density at radius 3 is 1.80 bits per heavy atom. The van der Waals surface area contributed by atoms with Gasteiger partial charge >= 0.3 is 0 Å². The molecular formula is C17H19OS2+. The van der Waals surface area contributed by atoms with Crippen molar-refractivity contribution >= 4 is 30.2 Å². The van der Waals surface area contributed by atoms with Crippen molar-refractivity contribution in [3.05, 3.63) is 54.1 Å². The number of carbonyl (C=O) groups excluding carboxylic acids is 1. The molecule has 0 radical (unpaired) electrons. The Labute approximate surface area is 130 Å². The Bertz CT molecular complexity index is 592. The summed E-state index contributed by atoms with van der Waals surface area (Å²) in [4.78, 5) is 15.5. The van der Waals surface area contributed by atoms with Crippen LogP contribution in [0.2, 0.25) is 0 Å². The fraction of sp³-hybridized carbons (Fsp3) is 0.235. The van der Waals surface area contributed by atoms with Gasteiger partial charge in [0.2, 0.25) is 0 Å². The van der Waals surface area contributed by atoms with Crippen LogP contribution in [0.15, 0.2) is 63.2 Å². The van der Waals surface area contributed by atoms with E-state index in [0.29, 0.717) is 0 Å². The summed E-state index contributed by atoms with van der Waals surface area (Å²) in [5, 5.41) is 0. The van der Waals surface area contributed by atoms with E-state index >= 15 is 0 Å². The van der Waals surface area contributed by atoms with Crippen LogP contribution in [-0.2, 0) is 12.6 Å². The van der Waals surface area contributed by atoms with Crippen molar-refractivity contribution < 1.29 is 4.79 Å². The molecule has 20 heavy (non-hydrogen) atoms. The molecular weight excluding hydrogens is 284 g/mol. The molecule has 0 heterocycles. The van der Waals surface area contributed by atoms with Crippen molar-refractivity contribution in [2.24, 2.45) is 5.41 Å². The monoisotopic (exact) mass is 303 g/mol. The molecule has 0 saturated carbocycles. The SMILES string of the molecule is CC(C)(C)C(=O)c1ccc(Sc2ccc([SH2+])cc2)cc1. The van der Waals surface area contributed by atoms with E-state index in [2.05, 4.69) is 24.8 Å². The summed E-state index contributed by atoms with van der Waals surface area (Å²) >= 11 is 5.17. The lowest BCUT2D eigenvalue weighted by atomic mass is 9.87. The summed E-state index contributed by atoms with van der Waals surface area (Å²) in [6.07, 6.45) is 0. The first kappa shape index (κ1) is 15.2. The van der Waals surface area contributed by atoms with E-state index in [-0.39, 0.29) is 11.2 Å². The number of hydrogen-bond acceptors (Lipinski definition) is 2. The van der Waals surface area contributed by atoms with Gasteiger partial charge < -0.3 is 0 Å². The molecule has 0 aliphatic carbocycles. The minimum Gasteiger partial charge on any atom is -0.294 e. The highest BCUT2D eigenvalue weighted by atomic mass is 32.2. The molecule has 2 aromatic rings. The third-order valence-electron chi connectivity index (χ3n) is 2.89. The Hall–Kier alpha value is -1.19. The molecule has 0 N–H and O–H groups in total. The maximum atomic E-state index is 12.2. The Kier molecular flexibility index (Phi) is 4.61. The molecule has 1 nitrogen and oxygen atoms in total. The van der Waals surface area contributed by atoms with Crippen LogP contribution in [0.25, 0.3) is 0 Å². The van der Waals surface area contributed by atoms with Crippen LogP contribution >= 0.6 is 11.8 Å². The van der Waals surface area contributed by atoms with E-state index in [1.54, 1.807) is 11.8 Å². The summed E-state index contributed by atoms with van der Waals surface area (Å²) in [6, 6.07) is 16.0. The van der Waals surface area contributed by atoms with E-state index in [1.807, 2.05) is 57.2 Å². The standard InChI is InChI=1S/C17H18OS2/c1-17(2,3)16(18)12-4-8-14(9-5-12)20-15-10-6-13(19)7-11-15/h4-11,19H,1-3H3/p+1. The van der Waals surface area contributed by atoms with E-state index in [1.165, 1.54) is 4.90 Å². The first-order valence-corrected chi connectivity index (χ1v) is 7.82. The number of hydrogen-bond donors (Lipinski definition) is 0. The Morgan fingerprint density at radius 1 is 0.900 bits per heavy atom. The molecule has 2 rings (SSSR count). The summed E-state index contributed by atoms with van der Waals surface area (Å²) in [5.41, 5.74) is 0.442. The summed E-state index contributed by atoms with van der Waals surface area (Å²) < 4.78 is 0. The number of benzene rings is 2. The van der Waals surface area contributed by atoms with Gasteiger partial charge in [-0.25, -0.2) is 0 Å². The first-order valence-electron chi connectivity index (χ1n) is 6.51. The van der Waals surface area contributed by atoms with Gasteiger partial charge in [0.1, 0.15) is 4.90 Å². The molecule has 0 bridgehead atoms. The normalized spacial score (nSPS) is 11.4. The molecule has 0 atom stereocenters. The van der Waals surface area contributed by atoms with Crippen LogP contribution in [-0.4, -0.2) is 5.78 Å². The number of carbonyl (C=O) groups is 1. The van der Waals surface area contributed by atoms with Gasteiger partial charge in [0.15, 0.2) is 5.78 Å². The zero-order valence-electron chi connectivity index (χ0n) is 11.9. The van der Waals surface area contributed by atoms with Gasteiger partial charge in [0.05, 0.1) is 0 Å². The summed E-state index contributed by atoms with van der Waals surface area (Å²) in [5.74, 6) is 0.178. The molecule has 2 aromatic carbocycles. The van der Waals surface area contributed by atoms with Crippen molar-refractivity contribution in [3.8, 4) is 0 Å². The quantitative estimate of drug-likeness (QED) is 0.616. The third-order valence-corrected chi connectivity index (χ3v) is 4.24. The molecule has 0 unspecified atom stereocenters. The van der Waals surface area contributed by atoms with Crippen LogP contribution in [0.1, 0.15) is 31.1 Å². The first-order chi connectivity index (χ1) is 9.36. The second kappa shape index (κ2) is 6.06. The molecule has 0 aromatic heterocycles. The van der Waals surface area contributed by atoms with Crippen LogP contribution in [0.4, 0.5) is 0 Å². The summed E-state index contributed by atoms with van der Waals surface area (Å²) in [6.45, 7) is 5.83. The second-order valence-corrected chi connectivity index (χ2v) is 7.45. The fourth-order valence-corrected chi connectivity index (χ4v) is 2.75. The number of ketones is 1. The highest BCUT2D eigenvalue weighted by Crippen LogP contribution is 2.29. The van der Waals surface area contributed by atoms with Crippen LogP contribution in [0.3, 0.4) is 0 Å².